The normalized spacial score (nSPS) is 19.8. The van der Waals surface area contributed by atoms with Crippen molar-refractivity contribution in [3.63, 3.8) is 0 Å². The van der Waals surface area contributed by atoms with E-state index in [9.17, 15) is 19.2 Å². The molecule has 1 saturated heterocycles. The van der Waals surface area contributed by atoms with Gasteiger partial charge in [0.25, 0.3) is 5.91 Å². The standard InChI is InChI=1S/C23H23N3O5/c1-14(2)20(28)24-16-9-7-15(8-10-16)18(27)13-26-21(29)23(25-22(26)30)11-12-31-19-6-4-3-5-17(19)23/h3-10,14H,11-13H2,1-2H3,(H,24,28)(H,25,30). The van der Waals surface area contributed by atoms with Gasteiger partial charge >= 0.3 is 6.03 Å². The van der Waals surface area contributed by atoms with Crippen LogP contribution in [-0.4, -0.2) is 41.7 Å². The minimum atomic E-state index is -1.21. The van der Waals surface area contributed by atoms with Gasteiger partial charge in [0.2, 0.25) is 5.91 Å². The first-order valence-corrected chi connectivity index (χ1v) is 10.1. The van der Waals surface area contributed by atoms with E-state index in [1.54, 1.807) is 62.4 Å². The smallest absolute Gasteiger partial charge is 0.325 e. The monoisotopic (exact) mass is 421 g/mol. The largest absolute Gasteiger partial charge is 0.493 e. The first-order valence-electron chi connectivity index (χ1n) is 10.1. The van der Waals surface area contributed by atoms with Gasteiger partial charge in [-0.05, 0) is 30.3 Å². The highest BCUT2D eigenvalue weighted by molar-refractivity contribution is 6.11. The number of para-hydroxylation sites is 1. The van der Waals surface area contributed by atoms with E-state index in [2.05, 4.69) is 10.6 Å². The molecule has 160 valence electrons. The number of Topliss-reactive ketones (excluding diaryl/α,β-unsaturated/α-hetero) is 1. The van der Waals surface area contributed by atoms with E-state index in [4.69, 9.17) is 4.74 Å². The van der Waals surface area contributed by atoms with Crippen molar-refractivity contribution >= 4 is 29.3 Å². The molecule has 0 saturated carbocycles. The third kappa shape index (κ3) is 3.65. The highest BCUT2D eigenvalue weighted by Crippen LogP contribution is 2.40. The van der Waals surface area contributed by atoms with Crippen LogP contribution < -0.4 is 15.4 Å². The Balaban J connectivity index is 1.50. The predicted molar refractivity (Wildman–Crippen MR) is 113 cm³/mol. The molecule has 2 aliphatic rings. The first-order chi connectivity index (χ1) is 14.8. The first kappa shape index (κ1) is 20.6. The number of fused-ring (bicyclic) bond motifs is 2. The molecule has 2 aromatic rings. The lowest BCUT2D eigenvalue weighted by Gasteiger charge is -2.33. The molecule has 0 aliphatic carbocycles. The van der Waals surface area contributed by atoms with E-state index >= 15 is 0 Å². The van der Waals surface area contributed by atoms with Crippen LogP contribution in [-0.2, 0) is 15.1 Å². The Morgan fingerprint density at radius 3 is 2.55 bits per heavy atom. The zero-order chi connectivity index (χ0) is 22.2. The predicted octanol–water partition coefficient (Wildman–Crippen LogP) is 2.69. The molecule has 2 N–H and O–H groups in total. The van der Waals surface area contributed by atoms with E-state index in [1.807, 2.05) is 0 Å². The van der Waals surface area contributed by atoms with Gasteiger partial charge in [0.15, 0.2) is 11.3 Å². The summed E-state index contributed by atoms with van der Waals surface area (Å²) in [7, 11) is 0. The Bertz CT molecular complexity index is 1060. The lowest BCUT2D eigenvalue weighted by Crippen LogP contribution is -2.47. The third-order valence-electron chi connectivity index (χ3n) is 5.56. The van der Waals surface area contributed by atoms with Crippen molar-refractivity contribution in [3.05, 3.63) is 59.7 Å². The minimum absolute atomic E-state index is 0.125. The zero-order valence-corrected chi connectivity index (χ0v) is 17.3. The molecule has 31 heavy (non-hydrogen) atoms. The summed E-state index contributed by atoms with van der Waals surface area (Å²) >= 11 is 0. The number of carbonyl (C=O) groups is 4. The van der Waals surface area contributed by atoms with Crippen molar-refractivity contribution in [2.75, 3.05) is 18.5 Å². The van der Waals surface area contributed by atoms with Crippen LogP contribution in [0.4, 0.5) is 10.5 Å². The molecule has 4 rings (SSSR count). The van der Waals surface area contributed by atoms with E-state index in [1.165, 1.54) is 0 Å². The molecule has 2 heterocycles. The van der Waals surface area contributed by atoms with E-state index in [0.29, 0.717) is 29.0 Å². The quantitative estimate of drug-likeness (QED) is 0.571. The summed E-state index contributed by atoms with van der Waals surface area (Å²) in [6.07, 6.45) is 0.295. The lowest BCUT2D eigenvalue weighted by molar-refractivity contribution is -0.132. The minimum Gasteiger partial charge on any atom is -0.493 e. The number of ether oxygens (including phenoxy) is 1. The number of benzene rings is 2. The van der Waals surface area contributed by atoms with Gasteiger partial charge in [0.05, 0.1) is 13.2 Å². The highest BCUT2D eigenvalue weighted by atomic mass is 16.5. The zero-order valence-electron chi connectivity index (χ0n) is 17.3. The second-order valence-electron chi connectivity index (χ2n) is 7.97. The molecular weight excluding hydrogens is 398 g/mol. The molecule has 8 nitrogen and oxygen atoms in total. The summed E-state index contributed by atoms with van der Waals surface area (Å²) in [5, 5.41) is 5.53. The molecule has 0 bridgehead atoms. The number of hydrogen-bond acceptors (Lipinski definition) is 5. The molecular formula is C23H23N3O5. The molecule has 4 amide bonds. The maximum atomic E-state index is 13.2. The Labute approximate surface area is 179 Å². The SMILES string of the molecule is CC(C)C(=O)Nc1ccc(C(=O)CN2C(=O)NC3(CCOc4ccccc43)C2=O)cc1. The van der Waals surface area contributed by atoms with Crippen LogP contribution in [0.3, 0.4) is 0 Å². The van der Waals surface area contributed by atoms with Crippen molar-refractivity contribution < 1.29 is 23.9 Å². The molecule has 1 atom stereocenters. The van der Waals surface area contributed by atoms with Gasteiger partial charge in [-0.3, -0.25) is 19.3 Å². The molecule has 2 aromatic carbocycles. The maximum Gasteiger partial charge on any atom is 0.325 e. The van der Waals surface area contributed by atoms with Gasteiger partial charge in [-0.1, -0.05) is 32.0 Å². The second kappa shape index (κ2) is 7.86. The number of amides is 4. The van der Waals surface area contributed by atoms with Crippen molar-refractivity contribution in [1.29, 1.82) is 0 Å². The Kier molecular flexibility index (Phi) is 5.22. The summed E-state index contributed by atoms with van der Waals surface area (Å²) in [6, 6.07) is 12.9. The summed E-state index contributed by atoms with van der Waals surface area (Å²) in [4.78, 5) is 51.4. The fourth-order valence-corrected chi connectivity index (χ4v) is 3.78. The second-order valence-corrected chi connectivity index (χ2v) is 7.97. The number of anilines is 1. The molecule has 2 aliphatic heterocycles. The van der Waals surface area contributed by atoms with Crippen molar-refractivity contribution in [1.82, 2.24) is 10.2 Å². The van der Waals surface area contributed by atoms with Crippen molar-refractivity contribution in [2.45, 2.75) is 25.8 Å². The summed E-state index contributed by atoms with van der Waals surface area (Å²) in [5.74, 6) is -0.566. The number of carbonyl (C=O) groups excluding carboxylic acids is 4. The topological polar surface area (TPSA) is 105 Å². The van der Waals surface area contributed by atoms with Gasteiger partial charge in [-0.15, -0.1) is 0 Å². The van der Waals surface area contributed by atoms with Crippen LogP contribution >= 0.6 is 0 Å². The maximum absolute atomic E-state index is 13.2. The molecule has 1 fully saturated rings. The highest BCUT2D eigenvalue weighted by Gasteiger charge is 2.55. The van der Waals surface area contributed by atoms with Crippen LogP contribution in [0.15, 0.2) is 48.5 Å². The molecule has 0 radical (unpaired) electrons. The van der Waals surface area contributed by atoms with Gasteiger partial charge in [-0.2, -0.15) is 0 Å². The van der Waals surface area contributed by atoms with E-state index in [0.717, 1.165) is 4.90 Å². The number of nitrogens with zero attached hydrogens (tertiary/aromatic N) is 1. The number of urea groups is 1. The number of rotatable bonds is 5. The van der Waals surface area contributed by atoms with Crippen LogP contribution in [0.1, 0.15) is 36.2 Å². The van der Waals surface area contributed by atoms with Crippen LogP contribution in [0.25, 0.3) is 0 Å². The fourth-order valence-electron chi connectivity index (χ4n) is 3.78. The number of hydrogen-bond donors (Lipinski definition) is 2. The number of ketones is 1. The average Bonchev–Trinajstić information content (AvgIpc) is 2.99. The summed E-state index contributed by atoms with van der Waals surface area (Å²) < 4.78 is 5.61. The molecule has 8 heteroatoms. The average molecular weight is 421 g/mol. The van der Waals surface area contributed by atoms with E-state index in [-0.39, 0.29) is 30.8 Å². The summed E-state index contributed by atoms with van der Waals surface area (Å²) in [6.45, 7) is 3.49. The van der Waals surface area contributed by atoms with Crippen molar-refractivity contribution in [2.24, 2.45) is 5.92 Å². The number of imide groups is 1. The summed E-state index contributed by atoms with van der Waals surface area (Å²) in [5.41, 5.74) is 0.302. The Hall–Kier alpha value is -3.68. The molecule has 1 spiro atoms. The van der Waals surface area contributed by atoms with Crippen LogP contribution in [0, 0.1) is 5.92 Å². The Morgan fingerprint density at radius 2 is 1.84 bits per heavy atom. The van der Waals surface area contributed by atoms with Gasteiger partial charge in [0.1, 0.15) is 5.75 Å². The third-order valence-corrected chi connectivity index (χ3v) is 5.56. The van der Waals surface area contributed by atoms with Gasteiger partial charge in [-0.25, -0.2) is 4.79 Å². The fraction of sp³-hybridized carbons (Fsp3) is 0.304. The van der Waals surface area contributed by atoms with E-state index < -0.39 is 17.5 Å². The van der Waals surface area contributed by atoms with Gasteiger partial charge < -0.3 is 15.4 Å². The van der Waals surface area contributed by atoms with Crippen LogP contribution in [0.2, 0.25) is 0 Å². The van der Waals surface area contributed by atoms with Crippen molar-refractivity contribution in [3.8, 4) is 5.75 Å². The lowest BCUT2D eigenvalue weighted by atomic mass is 9.84. The molecule has 0 aromatic heterocycles. The number of nitrogens with one attached hydrogen (secondary N) is 2. The van der Waals surface area contributed by atoms with Crippen LogP contribution in [0.5, 0.6) is 5.75 Å². The Morgan fingerprint density at radius 1 is 1.13 bits per heavy atom. The van der Waals surface area contributed by atoms with Gasteiger partial charge in [0, 0.05) is 29.2 Å². The molecule has 1 unspecified atom stereocenters.